The van der Waals surface area contributed by atoms with Crippen molar-refractivity contribution < 1.29 is 14.4 Å². The van der Waals surface area contributed by atoms with Gasteiger partial charge in [-0.2, -0.15) is 5.06 Å². The average Bonchev–Trinajstić information content (AvgIpc) is 2.58. The Morgan fingerprint density at radius 2 is 1.92 bits per heavy atom. The third-order valence-corrected chi connectivity index (χ3v) is 4.08. The molecular formula is C19H22N2O3. The number of benzene rings is 2. The van der Waals surface area contributed by atoms with Gasteiger partial charge >= 0.3 is 0 Å². The Labute approximate surface area is 142 Å². The molecule has 1 fully saturated rings. The molecule has 5 nitrogen and oxygen atoms in total. The molecule has 0 aromatic heterocycles. The molecular weight excluding hydrogens is 304 g/mol. The number of carbonyl (C=O) groups is 1. The fourth-order valence-corrected chi connectivity index (χ4v) is 2.75. The van der Waals surface area contributed by atoms with Gasteiger partial charge < -0.3 is 10.1 Å². The minimum Gasteiger partial charge on any atom is -0.497 e. The van der Waals surface area contributed by atoms with Crippen molar-refractivity contribution in [3.05, 3.63) is 54.6 Å². The molecule has 0 aliphatic carbocycles. The molecule has 0 spiro atoms. The second-order valence-electron chi connectivity index (χ2n) is 6.49. The van der Waals surface area contributed by atoms with Crippen molar-refractivity contribution in [2.75, 3.05) is 17.5 Å². The molecule has 24 heavy (non-hydrogen) atoms. The highest BCUT2D eigenvalue weighted by Crippen LogP contribution is 2.36. The number of nitrogens with zero attached hydrogens (tertiary/aromatic N) is 1. The van der Waals surface area contributed by atoms with Gasteiger partial charge in [-0.05, 0) is 24.3 Å². The van der Waals surface area contributed by atoms with Gasteiger partial charge in [0.1, 0.15) is 5.75 Å². The lowest BCUT2D eigenvalue weighted by molar-refractivity contribution is -0.147. The Bertz CT molecular complexity index is 716. The maximum Gasteiger partial charge on any atom is 0.256 e. The highest BCUT2D eigenvalue weighted by atomic mass is 16.7. The summed E-state index contributed by atoms with van der Waals surface area (Å²) in [7, 11) is 1.60. The Morgan fingerprint density at radius 3 is 2.62 bits per heavy atom. The van der Waals surface area contributed by atoms with Crippen LogP contribution in [-0.2, 0) is 9.63 Å². The first-order valence-corrected chi connectivity index (χ1v) is 7.96. The lowest BCUT2D eigenvalue weighted by Gasteiger charge is -2.41. The van der Waals surface area contributed by atoms with Crippen LogP contribution in [0.3, 0.4) is 0 Å². The van der Waals surface area contributed by atoms with E-state index in [0.717, 1.165) is 5.69 Å². The number of hydrogen-bond donors (Lipinski definition) is 1. The van der Waals surface area contributed by atoms with Crippen LogP contribution in [0.15, 0.2) is 54.6 Å². The highest BCUT2D eigenvalue weighted by Gasteiger charge is 2.42. The Balaban J connectivity index is 1.86. The first-order chi connectivity index (χ1) is 11.5. The summed E-state index contributed by atoms with van der Waals surface area (Å²) in [6.07, 6.45) is 0.285. The van der Waals surface area contributed by atoms with Gasteiger partial charge in [0.05, 0.1) is 18.2 Å². The van der Waals surface area contributed by atoms with E-state index in [9.17, 15) is 4.79 Å². The van der Waals surface area contributed by atoms with Crippen molar-refractivity contribution in [1.29, 1.82) is 0 Å². The maximum absolute atomic E-state index is 12.8. The lowest BCUT2D eigenvalue weighted by atomic mass is 9.86. The molecule has 1 N–H and O–H groups in total. The number of rotatable bonds is 4. The number of methoxy groups -OCH3 is 1. The third-order valence-electron chi connectivity index (χ3n) is 4.08. The second kappa shape index (κ2) is 6.53. The standard InChI is InChI=1S/C19H22N2O3/c1-19(2)13-17(20-14-8-5-4-6-9-14)24-21(18(19)22)15-10-7-11-16(12-15)23-3/h4-12,17,20H,13H2,1-3H3. The lowest BCUT2D eigenvalue weighted by Crippen LogP contribution is -2.52. The SMILES string of the molecule is COc1cccc(N2OC(Nc3ccccc3)CC(C)(C)C2=O)c1. The Morgan fingerprint density at radius 1 is 1.17 bits per heavy atom. The Kier molecular flexibility index (Phi) is 4.44. The van der Waals surface area contributed by atoms with Crippen LogP contribution in [0.1, 0.15) is 20.3 Å². The normalized spacial score (nSPS) is 19.9. The van der Waals surface area contributed by atoms with Crippen molar-refractivity contribution in [3.8, 4) is 5.75 Å². The minimum absolute atomic E-state index is 0.0677. The number of amides is 1. The van der Waals surface area contributed by atoms with Crippen LogP contribution >= 0.6 is 0 Å². The summed E-state index contributed by atoms with van der Waals surface area (Å²) in [6, 6.07) is 17.1. The number of hydrogen-bond acceptors (Lipinski definition) is 4. The molecule has 5 heteroatoms. The molecule has 126 valence electrons. The van der Waals surface area contributed by atoms with Crippen molar-refractivity contribution in [2.45, 2.75) is 26.5 Å². The molecule has 1 aliphatic rings. The molecule has 0 bridgehead atoms. The summed E-state index contributed by atoms with van der Waals surface area (Å²) in [5, 5.41) is 4.71. The fourth-order valence-electron chi connectivity index (χ4n) is 2.75. The molecule has 1 heterocycles. The number of ether oxygens (including phenoxy) is 1. The van der Waals surface area contributed by atoms with E-state index in [1.165, 1.54) is 5.06 Å². The van der Waals surface area contributed by atoms with E-state index in [4.69, 9.17) is 9.57 Å². The van der Waals surface area contributed by atoms with Crippen molar-refractivity contribution >= 4 is 17.3 Å². The maximum atomic E-state index is 12.8. The molecule has 1 atom stereocenters. The number of para-hydroxylation sites is 1. The van der Waals surface area contributed by atoms with Gasteiger partial charge in [0.15, 0.2) is 6.23 Å². The van der Waals surface area contributed by atoms with Crippen molar-refractivity contribution in [1.82, 2.24) is 0 Å². The van der Waals surface area contributed by atoms with Crippen LogP contribution in [0, 0.1) is 5.41 Å². The number of anilines is 2. The molecule has 2 aromatic rings. The van der Waals surface area contributed by atoms with Gasteiger partial charge in [-0.25, -0.2) is 4.84 Å². The van der Waals surface area contributed by atoms with Crippen LogP contribution in [0.5, 0.6) is 5.75 Å². The van der Waals surface area contributed by atoms with E-state index >= 15 is 0 Å². The summed E-state index contributed by atoms with van der Waals surface area (Å²) in [6.45, 7) is 3.87. The number of hydroxylamine groups is 1. The summed E-state index contributed by atoms with van der Waals surface area (Å²) in [5.41, 5.74) is 1.08. The summed E-state index contributed by atoms with van der Waals surface area (Å²) in [5.74, 6) is 0.613. The van der Waals surface area contributed by atoms with Gasteiger partial charge in [0, 0.05) is 18.2 Å². The van der Waals surface area contributed by atoms with E-state index in [1.807, 2.05) is 62.4 Å². The Hall–Kier alpha value is -2.53. The zero-order chi connectivity index (χ0) is 17.2. The van der Waals surface area contributed by atoms with Gasteiger partial charge in [0.25, 0.3) is 5.91 Å². The molecule has 1 unspecified atom stereocenters. The van der Waals surface area contributed by atoms with E-state index in [1.54, 1.807) is 13.2 Å². The van der Waals surface area contributed by atoms with Gasteiger partial charge in [-0.3, -0.25) is 4.79 Å². The predicted octanol–water partition coefficient (Wildman–Crippen LogP) is 3.83. The number of nitrogens with one attached hydrogen (secondary N) is 1. The zero-order valence-electron chi connectivity index (χ0n) is 14.2. The van der Waals surface area contributed by atoms with Crippen LogP contribution in [0.25, 0.3) is 0 Å². The molecule has 2 aromatic carbocycles. The van der Waals surface area contributed by atoms with Gasteiger partial charge in [0.2, 0.25) is 0 Å². The van der Waals surface area contributed by atoms with E-state index in [-0.39, 0.29) is 12.1 Å². The first kappa shape index (κ1) is 16.3. The fraction of sp³-hybridized carbons (Fsp3) is 0.316. The zero-order valence-corrected chi connectivity index (χ0v) is 14.2. The largest absolute Gasteiger partial charge is 0.497 e. The highest BCUT2D eigenvalue weighted by molar-refractivity contribution is 5.96. The molecule has 0 saturated carbocycles. The van der Waals surface area contributed by atoms with Crippen molar-refractivity contribution in [3.63, 3.8) is 0 Å². The van der Waals surface area contributed by atoms with Crippen molar-refractivity contribution in [2.24, 2.45) is 5.41 Å². The molecule has 1 aliphatic heterocycles. The third kappa shape index (κ3) is 3.36. The second-order valence-corrected chi connectivity index (χ2v) is 6.49. The smallest absolute Gasteiger partial charge is 0.256 e. The van der Waals surface area contributed by atoms with Crippen LogP contribution in [0.4, 0.5) is 11.4 Å². The first-order valence-electron chi connectivity index (χ1n) is 7.96. The summed E-state index contributed by atoms with van der Waals surface area (Å²) in [4.78, 5) is 18.7. The van der Waals surface area contributed by atoms with E-state index in [0.29, 0.717) is 17.9 Å². The minimum atomic E-state index is -0.534. The van der Waals surface area contributed by atoms with Crippen LogP contribution < -0.4 is 15.1 Å². The predicted molar refractivity (Wildman–Crippen MR) is 93.8 cm³/mol. The van der Waals surface area contributed by atoms with Crippen LogP contribution in [-0.4, -0.2) is 19.2 Å². The topological polar surface area (TPSA) is 50.8 Å². The van der Waals surface area contributed by atoms with Gasteiger partial charge in [-0.15, -0.1) is 0 Å². The molecule has 1 amide bonds. The molecule has 0 radical (unpaired) electrons. The molecule has 3 rings (SSSR count). The average molecular weight is 326 g/mol. The molecule has 1 saturated heterocycles. The summed E-state index contributed by atoms with van der Waals surface area (Å²) < 4.78 is 5.25. The quantitative estimate of drug-likeness (QED) is 0.928. The van der Waals surface area contributed by atoms with E-state index < -0.39 is 5.41 Å². The number of carbonyl (C=O) groups excluding carboxylic acids is 1. The van der Waals surface area contributed by atoms with Gasteiger partial charge in [-0.1, -0.05) is 38.1 Å². The monoisotopic (exact) mass is 326 g/mol. The summed E-state index contributed by atoms with van der Waals surface area (Å²) >= 11 is 0. The van der Waals surface area contributed by atoms with Crippen LogP contribution in [0.2, 0.25) is 0 Å². The van der Waals surface area contributed by atoms with E-state index in [2.05, 4.69) is 5.32 Å².